The number of benzene rings is 1. The maximum atomic E-state index is 14.4. The lowest BCUT2D eigenvalue weighted by Gasteiger charge is -2.22. The van der Waals surface area contributed by atoms with Gasteiger partial charge in [-0.2, -0.15) is 0 Å². The van der Waals surface area contributed by atoms with Crippen molar-refractivity contribution in [3.05, 3.63) is 33.6 Å². The first-order valence-corrected chi connectivity index (χ1v) is 8.08. The fraction of sp³-hybridized carbons (Fsp3) is 0.588. The SMILES string of the molecule is CC(C)(C)C(=O)Oc1c(F)cc(CC2CCNCC2)cc1[N+](=O)[O-]. The minimum Gasteiger partial charge on any atom is -0.416 e. The van der Waals surface area contributed by atoms with Gasteiger partial charge in [0.1, 0.15) is 0 Å². The van der Waals surface area contributed by atoms with Gasteiger partial charge >= 0.3 is 11.7 Å². The van der Waals surface area contributed by atoms with E-state index in [9.17, 15) is 19.3 Å². The number of nitrogens with zero attached hydrogens (tertiary/aromatic N) is 1. The van der Waals surface area contributed by atoms with Gasteiger partial charge in [0.15, 0.2) is 5.82 Å². The standard InChI is InChI=1S/C17H23FN2O4/c1-17(2,3)16(21)24-15-13(18)9-12(10-14(15)20(22)23)8-11-4-6-19-7-5-11/h9-11,19H,4-8H2,1-3H3. The summed E-state index contributed by atoms with van der Waals surface area (Å²) in [7, 11) is 0. The third kappa shape index (κ3) is 4.50. The summed E-state index contributed by atoms with van der Waals surface area (Å²) in [6, 6.07) is 2.55. The van der Waals surface area contributed by atoms with Crippen molar-refractivity contribution in [3.8, 4) is 5.75 Å². The molecule has 6 nitrogen and oxygen atoms in total. The van der Waals surface area contributed by atoms with Crippen LogP contribution in [0, 0.1) is 27.3 Å². The lowest BCUT2D eigenvalue weighted by atomic mass is 9.90. The van der Waals surface area contributed by atoms with E-state index in [1.165, 1.54) is 12.1 Å². The van der Waals surface area contributed by atoms with Crippen molar-refractivity contribution in [2.75, 3.05) is 13.1 Å². The molecule has 0 bridgehead atoms. The van der Waals surface area contributed by atoms with Gasteiger partial charge in [0.2, 0.25) is 5.75 Å². The van der Waals surface area contributed by atoms with Crippen LogP contribution in [0.15, 0.2) is 12.1 Å². The Kier molecular flexibility index (Phi) is 5.54. The van der Waals surface area contributed by atoms with Crippen molar-refractivity contribution in [2.24, 2.45) is 11.3 Å². The molecule has 1 heterocycles. The number of ether oxygens (including phenoxy) is 1. The molecule has 0 aromatic heterocycles. The molecule has 0 unspecified atom stereocenters. The molecule has 0 saturated carbocycles. The predicted octanol–water partition coefficient (Wildman–Crippen LogP) is 3.23. The van der Waals surface area contributed by atoms with Gasteiger partial charge in [0.25, 0.3) is 0 Å². The van der Waals surface area contributed by atoms with Gasteiger partial charge in [-0.25, -0.2) is 4.39 Å². The van der Waals surface area contributed by atoms with Crippen LogP contribution in [-0.4, -0.2) is 24.0 Å². The summed E-state index contributed by atoms with van der Waals surface area (Å²) in [6.45, 7) is 6.60. The molecule has 132 valence electrons. The van der Waals surface area contributed by atoms with Crippen LogP contribution in [0.1, 0.15) is 39.2 Å². The zero-order chi connectivity index (χ0) is 17.9. The predicted molar refractivity (Wildman–Crippen MR) is 87.4 cm³/mol. The quantitative estimate of drug-likeness (QED) is 0.394. The molecule has 1 aliphatic heterocycles. The van der Waals surface area contributed by atoms with Crippen molar-refractivity contribution in [1.82, 2.24) is 5.32 Å². The van der Waals surface area contributed by atoms with Crippen LogP contribution in [0.3, 0.4) is 0 Å². The highest BCUT2D eigenvalue weighted by molar-refractivity contribution is 5.79. The van der Waals surface area contributed by atoms with Gasteiger partial charge in [0.05, 0.1) is 10.3 Å². The molecule has 0 aliphatic carbocycles. The second-order valence-corrected chi connectivity index (χ2v) is 7.22. The van der Waals surface area contributed by atoms with Crippen LogP contribution in [0.25, 0.3) is 0 Å². The normalized spacial score (nSPS) is 16.0. The van der Waals surface area contributed by atoms with Gasteiger partial charge in [-0.15, -0.1) is 0 Å². The molecule has 0 atom stereocenters. The summed E-state index contributed by atoms with van der Waals surface area (Å²) in [5.41, 5.74) is -0.827. The molecule has 7 heteroatoms. The number of carbonyl (C=O) groups is 1. The van der Waals surface area contributed by atoms with Gasteiger partial charge in [-0.3, -0.25) is 14.9 Å². The molecule has 0 amide bonds. The van der Waals surface area contributed by atoms with Gasteiger partial charge in [-0.1, -0.05) is 0 Å². The molecule has 24 heavy (non-hydrogen) atoms. The van der Waals surface area contributed by atoms with E-state index >= 15 is 0 Å². The Balaban J connectivity index is 2.28. The van der Waals surface area contributed by atoms with Crippen LogP contribution >= 0.6 is 0 Å². The highest BCUT2D eigenvalue weighted by Gasteiger charge is 2.30. The fourth-order valence-corrected chi connectivity index (χ4v) is 2.65. The Bertz CT molecular complexity index is 634. The number of esters is 1. The van der Waals surface area contributed by atoms with Gasteiger partial charge < -0.3 is 10.1 Å². The first-order chi connectivity index (χ1) is 11.2. The molecular weight excluding hydrogens is 315 g/mol. The van der Waals surface area contributed by atoms with Crippen molar-refractivity contribution in [1.29, 1.82) is 0 Å². The maximum Gasteiger partial charge on any atom is 0.316 e. The minimum absolute atomic E-state index is 0.369. The molecule has 0 radical (unpaired) electrons. The maximum absolute atomic E-state index is 14.4. The number of hydrogen-bond donors (Lipinski definition) is 1. The van der Waals surface area contributed by atoms with Crippen molar-refractivity contribution in [3.63, 3.8) is 0 Å². The number of piperidine rings is 1. The zero-order valence-electron chi connectivity index (χ0n) is 14.2. The Morgan fingerprint density at radius 1 is 1.38 bits per heavy atom. The first kappa shape index (κ1) is 18.3. The highest BCUT2D eigenvalue weighted by atomic mass is 19.1. The molecule has 1 aromatic rings. The summed E-state index contributed by atoms with van der Waals surface area (Å²) in [5.74, 6) is -1.82. The molecule has 1 N–H and O–H groups in total. The van der Waals surface area contributed by atoms with Gasteiger partial charge in [0, 0.05) is 6.07 Å². The summed E-state index contributed by atoms with van der Waals surface area (Å²) in [4.78, 5) is 22.5. The number of nitrogens with one attached hydrogen (secondary N) is 1. The number of hydrogen-bond acceptors (Lipinski definition) is 5. The number of carbonyl (C=O) groups excluding carboxylic acids is 1. The number of rotatable bonds is 4. The summed E-state index contributed by atoms with van der Waals surface area (Å²) >= 11 is 0. The minimum atomic E-state index is -0.881. The topological polar surface area (TPSA) is 81.5 Å². The smallest absolute Gasteiger partial charge is 0.316 e. The van der Waals surface area contributed by atoms with Crippen LogP contribution in [0.5, 0.6) is 5.75 Å². The monoisotopic (exact) mass is 338 g/mol. The van der Waals surface area contributed by atoms with Crippen molar-refractivity contribution < 1.29 is 18.8 Å². The number of nitro benzene ring substituents is 1. The second-order valence-electron chi connectivity index (χ2n) is 7.22. The van der Waals surface area contributed by atoms with Crippen molar-refractivity contribution >= 4 is 11.7 Å². The highest BCUT2D eigenvalue weighted by Crippen LogP contribution is 2.34. The summed E-state index contributed by atoms with van der Waals surface area (Å²) in [6.07, 6.45) is 2.49. The zero-order valence-corrected chi connectivity index (χ0v) is 14.2. The Morgan fingerprint density at radius 2 is 2.00 bits per heavy atom. The molecule has 1 saturated heterocycles. The Labute approximate surface area is 140 Å². The average Bonchev–Trinajstić information content (AvgIpc) is 2.49. The third-order valence-electron chi connectivity index (χ3n) is 4.07. The van der Waals surface area contributed by atoms with E-state index in [-0.39, 0.29) is 0 Å². The Morgan fingerprint density at radius 3 is 2.54 bits per heavy atom. The van der Waals surface area contributed by atoms with Gasteiger partial charge in [-0.05, 0) is 70.7 Å². The molecule has 1 aromatic carbocycles. The van der Waals surface area contributed by atoms with E-state index in [0.29, 0.717) is 17.9 Å². The lowest BCUT2D eigenvalue weighted by molar-refractivity contribution is -0.386. The van der Waals surface area contributed by atoms with E-state index in [1.54, 1.807) is 20.8 Å². The Hall–Kier alpha value is -2.02. The average molecular weight is 338 g/mol. The largest absolute Gasteiger partial charge is 0.416 e. The fourth-order valence-electron chi connectivity index (χ4n) is 2.65. The van der Waals surface area contributed by atoms with Crippen LogP contribution < -0.4 is 10.1 Å². The molecule has 1 aliphatic rings. The summed E-state index contributed by atoms with van der Waals surface area (Å²) in [5, 5.41) is 14.5. The first-order valence-electron chi connectivity index (χ1n) is 8.08. The van der Waals surface area contributed by atoms with E-state index in [0.717, 1.165) is 25.9 Å². The van der Waals surface area contributed by atoms with E-state index < -0.39 is 33.6 Å². The van der Waals surface area contributed by atoms with E-state index in [2.05, 4.69) is 5.32 Å². The summed E-state index contributed by atoms with van der Waals surface area (Å²) < 4.78 is 19.4. The van der Waals surface area contributed by atoms with E-state index in [1.807, 2.05) is 0 Å². The number of nitro groups is 1. The lowest BCUT2D eigenvalue weighted by Crippen LogP contribution is -2.28. The van der Waals surface area contributed by atoms with E-state index in [4.69, 9.17) is 4.74 Å². The molecule has 2 rings (SSSR count). The molecular formula is C17H23FN2O4. The number of halogens is 1. The third-order valence-corrected chi connectivity index (χ3v) is 4.07. The second kappa shape index (κ2) is 7.25. The molecule has 1 fully saturated rings. The molecule has 0 spiro atoms. The van der Waals surface area contributed by atoms with Crippen LogP contribution in [-0.2, 0) is 11.2 Å². The van der Waals surface area contributed by atoms with Crippen LogP contribution in [0.4, 0.5) is 10.1 Å². The van der Waals surface area contributed by atoms with Crippen molar-refractivity contribution in [2.45, 2.75) is 40.0 Å². The van der Waals surface area contributed by atoms with Crippen LogP contribution in [0.2, 0.25) is 0 Å².